The molecule has 0 saturated heterocycles. The maximum atomic E-state index is 13.7. The number of hydrogen-bond donors (Lipinski definition) is 4. The Kier molecular flexibility index (Phi) is 8.46. The third-order valence-corrected chi connectivity index (χ3v) is 7.87. The number of aromatic nitrogens is 1. The summed E-state index contributed by atoms with van der Waals surface area (Å²) in [5.74, 6) is -0.525. The number of amides is 2. The van der Waals surface area contributed by atoms with E-state index in [4.69, 9.17) is 11.1 Å². The highest BCUT2D eigenvalue weighted by Crippen LogP contribution is 2.40. The zero-order chi connectivity index (χ0) is 28.3. The van der Waals surface area contributed by atoms with E-state index in [-0.39, 0.29) is 34.8 Å². The SMILES string of the molecule is Br.N=C(N)Nc1nc2c(s1)CCN(C(=O)c1ccc(NC(=O)c3ccccc3-c3ccccc3)cc1)c1ccccc1-2. The number of nitrogens with zero attached hydrogens (tertiary/aromatic N) is 2. The normalized spacial score (nSPS) is 11.8. The van der Waals surface area contributed by atoms with Crippen molar-refractivity contribution in [3.05, 3.63) is 119 Å². The second-order valence-electron chi connectivity index (χ2n) is 9.50. The maximum Gasteiger partial charge on any atom is 0.258 e. The van der Waals surface area contributed by atoms with Crippen LogP contribution in [0.1, 0.15) is 25.6 Å². The summed E-state index contributed by atoms with van der Waals surface area (Å²) < 4.78 is 0. The third-order valence-electron chi connectivity index (χ3n) is 6.84. The topological polar surface area (TPSA) is 124 Å². The van der Waals surface area contributed by atoms with Crippen molar-refractivity contribution >= 4 is 62.6 Å². The third kappa shape index (κ3) is 5.81. The van der Waals surface area contributed by atoms with Crippen LogP contribution in [0, 0.1) is 5.41 Å². The minimum Gasteiger partial charge on any atom is -0.370 e. The van der Waals surface area contributed by atoms with E-state index < -0.39 is 0 Å². The van der Waals surface area contributed by atoms with Crippen molar-refractivity contribution in [2.24, 2.45) is 5.73 Å². The Morgan fingerprint density at radius 1 is 0.833 bits per heavy atom. The molecule has 6 rings (SSSR count). The zero-order valence-electron chi connectivity index (χ0n) is 22.3. The van der Waals surface area contributed by atoms with Gasteiger partial charge in [0.05, 0.1) is 11.4 Å². The van der Waals surface area contributed by atoms with Crippen molar-refractivity contribution in [3.63, 3.8) is 0 Å². The number of nitrogens with one attached hydrogen (secondary N) is 3. The number of fused-ring (bicyclic) bond motifs is 3. The Morgan fingerprint density at radius 2 is 1.50 bits per heavy atom. The van der Waals surface area contributed by atoms with Crippen molar-refractivity contribution in [2.75, 3.05) is 22.1 Å². The van der Waals surface area contributed by atoms with E-state index in [2.05, 4.69) is 15.6 Å². The average Bonchev–Trinajstić information content (AvgIpc) is 3.32. The lowest BCUT2D eigenvalue weighted by Gasteiger charge is -2.23. The van der Waals surface area contributed by atoms with Gasteiger partial charge in [-0.3, -0.25) is 15.0 Å². The molecule has 1 aliphatic heterocycles. The highest BCUT2D eigenvalue weighted by Gasteiger charge is 2.27. The standard InChI is InChI=1S/C32H26N6O2S.BrH/c33-31(34)37-32-36-28-25-12-6-7-13-26(25)38(19-18-27(28)41-32)30(40)21-14-16-22(17-15-21)35-29(39)24-11-5-4-10-23(24)20-8-2-1-3-9-20;/h1-17H,18-19H2,(H,35,39)(H4,33,34,36,37);1H. The number of nitrogens with two attached hydrogens (primary N) is 1. The Morgan fingerprint density at radius 3 is 2.24 bits per heavy atom. The van der Waals surface area contributed by atoms with Crippen molar-refractivity contribution in [1.82, 2.24) is 4.98 Å². The number of para-hydroxylation sites is 1. The van der Waals surface area contributed by atoms with Gasteiger partial charge < -0.3 is 21.3 Å². The molecule has 1 aliphatic rings. The van der Waals surface area contributed by atoms with Gasteiger partial charge in [-0.05, 0) is 47.5 Å². The molecule has 8 nitrogen and oxygen atoms in total. The molecule has 2 amide bonds. The van der Waals surface area contributed by atoms with E-state index in [0.717, 1.165) is 32.9 Å². The Labute approximate surface area is 257 Å². The smallest absolute Gasteiger partial charge is 0.258 e. The highest BCUT2D eigenvalue weighted by molar-refractivity contribution is 8.93. The molecular weight excluding hydrogens is 612 g/mol. The van der Waals surface area contributed by atoms with E-state index in [9.17, 15) is 9.59 Å². The lowest BCUT2D eigenvalue weighted by atomic mass is 9.99. The summed E-state index contributed by atoms with van der Waals surface area (Å²) in [6.07, 6.45) is 0.613. The van der Waals surface area contributed by atoms with E-state index in [0.29, 0.717) is 34.9 Å². The van der Waals surface area contributed by atoms with Gasteiger partial charge in [0, 0.05) is 40.2 Å². The second kappa shape index (κ2) is 12.4. The fourth-order valence-electron chi connectivity index (χ4n) is 4.96. The van der Waals surface area contributed by atoms with Crippen LogP contribution in [-0.2, 0) is 6.42 Å². The molecule has 4 aromatic carbocycles. The van der Waals surface area contributed by atoms with Gasteiger partial charge in [0.2, 0.25) is 0 Å². The van der Waals surface area contributed by atoms with Crippen LogP contribution in [0.4, 0.5) is 16.5 Å². The minimum absolute atomic E-state index is 0. The van der Waals surface area contributed by atoms with Gasteiger partial charge in [-0.25, -0.2) is 4.98 Å². The summed E-state index contributed by atoms with van der Waals surface area (Å²) in [6, 6.07) is 31.9. The number of carbonyl (C=O) groups excluding carboxylic acids is 2. The predicted molar refractivity (Wildman–Crippen MR) is 175 cm³/mol. The van der Waals surface area contributed by atoms with Crippen molar-refractivity contribution in [3.8, 4) is 22.4 Å². The maximum absolute atomic E-state index is 13.7. The molecule has 1 aromatic heterocycles. The van der Waals surface area contributed by atoms with Gasteiger partial charge in [0.15, 0.2) is 11.1 Å². The second-order valence-corrected chi connectivity index (χ2v) is 10.6. The van der Waals surface area contributed by atoms with Crippen LogP contribution in [0.3, 0.4) is 0 Å². The summed E-state index contributed by atoms with van der Waals surface area (Å²) in [7, 11) is 0. The first-order chi connectivity index (χ1) is 20.0. The number of halogens is 1. The van der Waals surface area contributed by atoms with Gasteiger partial charge in [0.1, 0.15) is 0 Å². The number of guanidine groups is 1. The van der Waals surface area contributed by atoms with Crippen LogP contribution in [-0.4, -0.2) is 29.3 Å². The molecule has 0 fully saturated rings. The van der Waals surface area contributed by atoms with Crippen LogP contribution in [0.2, 0.25) is 0 Å². The Balaban J connectivity index is 0.00000353. The lowest BCUT2D eigenvalue weighted by Crippen LogP contribution is -2.32. The summed E-state index contributed by atoms with van der Waals surface area (Å²) in [5, 5.41) is 13.8. The summed E-state index contributed by atoms with van der Waals surface area (Å²) in [6.45, 7) is 0.472. The quantitative estimate of drug-likeness (QED) is 0.124. The summed E-state index contributed by atoms with van der Waals surface area (Å²) in [5.41, 5.74) is 11.4. The Hall–Kier alpha value is -4.80. The number of carbonyl (C=O) groups is 2. The van der Waals surface area contributed by atoms with Crippen molar-refractivity contribution < 1.29 is 9.59 Å². The van der Waals surface area contributed by atoms with E-state index in [1.54, 1.807) is 35.2 Å². The van der Waals surface area contributed by atoms with Crippen LogP contribution < -0.4 is 21.3 Å². The van der Waals surface area contributed by atoms with Crippen LogP contribution >= 0.6 is 28.3 Å². The van der Waals surface area contributed by atoms with Crippen molar-refractivity contribution in [2.45, 2.75) is 6.42 Å². The van der Waals surface area contributed by atoms with Gasteiger partial charge >= 0.3 is 0 Å². The molecule has 2 heterocycles. The highest BCUT2D eigenvalue weighted by atomic mass is 79.9. The molecule has 10 heteroatoms. The largest absolute Gasteiger partial charge is 0.370 e. The van der Waals surface area contributed by atoms with Crippen LogP contribution in [0.5, 0.6) is 0 Å². The first kappa shape index (κ1) is 28.7. The molecule has 0 aliphatic carbocycles. The molecule has 0 unspecified atom stereocenters. The average molecular weight is 640 g/mol. The minimum atomic E-state index is -0.220. The van der Waals surface area contributed by atoms with Gasteiger partial charge in [-0.2, -0.15) is 0 Å². The van der Waals surface area contributed by atoms with Crippen LogP contribution in [0.25, 0.3) is 22.4 Å². The van der Waals surface area contributed by atoms with Gasteiger partial charge in [0.25, 0.3) is 11.8 Å². The fourth-order valence-corrected chi connectivity index (χ4v) is 5.93. The van der Waals surface area contributed by atoms with E-state index in [1.807, 2.05) is 72.8 Å². The zero-order valence-corrected chi connectivity index (χ0v) is 24.9. The lowest BCUT2D eigenvalue weighted by molar-refractivity contribution is 0.0986. The first-order valence-corrected chi connectivity index (χ1v) is 13.9. The number of hydrogen-bond acceptors (Lipinski definition) is 5. The summed E-state index contributed by atoms with van der Waals surface area (Å²) >= 11 is 1.43. The number of anilines is 3. The molecule has 5 aromatic rings. The molecule has 0 radical (unpaired) electrons. The first-order valence-electron chi connectivity index (χ1n) is 13.1. The predicted octanol–water partition coefficient (Wildman–Crippen LogP) is 6.82. The van der Waals surface area contributed by atoms with Crippen molar-refractivity contribution in [1.29, 1.82) is 5.41 Å². The molecule has 0 bridgehead atoms. The van der Waals surface area contributed by atoms with E-state index >= 15 is 0 Å². The summed E-state index contributed by atoms with van der Waals surface area (Å²) in [4.78, 5) is 34.4. The van der Waals surface area contributed by atoms with Crippen LogP contribution in [0.15, 0.2) is 103 Å². The number of benzene rings is 4. The molecule has 42 heavy (non-hydrogen) atoms. The number of rotatable bonds is 5. The molecule has 0 saturated carbocycles. The van der Waals surface area contributed by atoms with E-state index in [1.165, 1.54) is 11.3 Å². The Bertz CT molecular complexity index is 1770. The van der Waals surface area contributed by atoms with Gasteiger partial charge in [-0.15, -0.1) is 28.3 Å². The fraction of sp³-hybridized carbons (Fsp3) is 0.0625. The molecular formula is C32H27BrN6O2S. The molecule has 0 spiro atoms. The number of thiazole rings is 1. The molecule has 210 valence electrons. The van der Waals surface area contributed by atoms with Gasteiger partial charge in [-0.1, -0.05) is 66.7 Å². The molecule has 0 atom stereocenters. The monoisotopic (exact) mass is 638 g/mol. The molecule has 5 N–H and O–H groups in total.